The van der Waals surface area contributed by atoms with Gasteiger partial charge in [-0.1, -0.05) is 0 Å². The first-order valence-electron chi connectivity index (χ1n) is 6.09. The molecule has 18 heavy (non-hydrogen) atoms. The maximum absolute atomic E-state index is 5.60. The summed E-state index contributed by atoms with van der Waals surface area (Å²) in [5.74, 6) is 0.781. The number of rotatable bonds is 6. The van der Waals surface area contributed by atoms with Crippen LogP contribution in [0.15, 0.2) is 29.9 Å². The maximum Gasteiger partial charge on any atom is 0.138 e. The summed E-state index contributed by atoms with van der Waals surface area (Å²) in [5, 5.41) is 6.64. The highest BCUT2D eigenvalue weighted by Crippen LogP contribution is 2.20. The zero-order valence-corrected chi connectivity index (χ0v) is 10.8. The van der Waals surface area contributed by atoms with E-state index >= 15 is 0 Å². The Morgan fingerprint density at radius 1 is 1.44 bits per heavy atom. The third-order valence-corrected chi connectivity index (χ3v) is 3.64. The molecular weight excluding hydrogens is 246 g/mol. The van der Waals surface area contributed by atoms with Gasteiger partial charge >= 0.3 is 0 Å². The van der Waals surface area contributed by atoms with Gasteiger partial charge in [0.2, 0.25) is 0 Å². The van der Waals surface area contributed by atoms with Crippen LogP contribution in [0.3, 0.4) is 0 Å². The normalized spacial score (nSPS) is 14.7. The summed E-state index contributed by atoms with van der Waals surface area (Å²) in [4.78, 5) is 8.54. The van der Waals surface area contributed by atoms with Crippen LogP contribution in [0, 0.1) is 0 Å². The predicted molar refractivity (Wildman–Crippen MR) is 70.5 cm³/mol. The summed E-state index contributed by atoms with van der Waals surface area (Å²) in [6.07, 6.45) is 6.06. The second kappa shape index (κ2) is 5.46. The third-order valence-electron chi connectivity index (χ3n) is 2.74. The van der Waals surface area contributed by atoms with Gasteiger partial charge in [0, 0.05) is 24.2 Å². The van der Waals surface area contributed by atoms with Crippen molar-refractivity contribution in [3.63, 3.8) is 0 Å². The number of ether oxygens (including phenoxy) is 1. The van der Waals surface area contributed by atoms with Crippen LogP contribution in [0.4, 0.5) is 0 Å². The van der Waals surface area contributed by atoms with Crippen molar-refractivity contribution in [3.8, 4) is 5.75 Å². The highest BCUT2D eigenvalue weighted by molar-refractivity contribution is 7.09. The summed E-state index contributed by atoms with van der Waals surface area (Å²) in [6, 6.07) is 4.49. The number of hydrogen-bond donors (Lipinski definition) is 1. The van der Waals surface area contributed by atoms with Gasteiger partial charge in [-0.3, -0.25) is 4.98 Å². The van der Waals surface area contributed by atoms with Gasteiger partial charge in [0.25, 0.3) is 0 Å². The standard InChI is InChI=1S/C13H15N3OS/c1-2-12(6-14-5-1)17-8-11-9-18-13(16-11)7-15-10-3-4-10/h1-2,5-6,9-10,15H,3-4,7-8H2. The summed E-state index contributed by atoms with van der Waals surface area (Å²) in [7, 11) is 0. The molecule has 3 rings (SSSR count). The molecular formula is C13H15N3OS. The third kappa shape index (κ3) is 3.27. The zero-order valence-electron chi connectivity index (χ0n) is 10.0. The Labute approximate surface area is 110 Å². The van der Waals surface area contributed by atoms with Gasteiger partial charge in [0.05, 0.1) is 11.9 Å². The first-order valence-corrected chi connectivity index (χ1v) is 6.97. The first-order chi connectivity index (χ1) is 8.90. The van der Waals surface area contributed by atoms with Crippen molar-refractivity contribution in [2.75, 3.05) is 0 Å². The number of pyridine rings is 1. The fraction of sp³-hybridized carbons (Fsp3) is 0.385. The average Bonchev–Trinajstić information content (AvgIpc) is 3.14. The van der Waals surface area contributed by atoms with Crippen LogP contribution in [-0.2, 0) is 13.2 Å². The van der Waals surface area contributed by atoms with Crippen LogP contribution >= 0.6 is 11.3 Å². The smallest absolute Gasteiger partial charge is 0.138 e. The van der Waals surface area contributed by atoms with Crippen molar-refractivity contribution in [1.29, 1.82) is 0 Å². The summed E-state index contributed by atoms with van der Waals surface area (Å²) in [5.41, 5.74) is 0.983. The van der Waals surface area contributed by atoms with Crippen LogP contribution in [0.1, 0.15) is 23.5 Å². The highest BCUT2D eigenvalue weighted by atomic mass is 32.1. The van der Waals surface area contributed by atoms with E-state index in [0.717, 1.165) is 29.0 Å². The molecule has 0 spiro atoms. The number of nitrogens with zero attached hydrogens (tertiary/aromatic N) is 2. The Balaban J connectivity index is 1.50. The molecule has 0 saturated heterocycles. The first kappa shape index (κ1) is 11.6. The van der Waals surface area contributed by atoms with Gasteiger partial charge in [-0.25, -0.2) is 4.98 Å². The lowest BCUT2D eigenvalue weighted by atomic mass is 10.4. The van der Waals surface area contributed by atoms with E-state index in [9.17, 15) is 0 Å². The second-order valence-corrected chi connectivity index (χ2v) is 5.31. The molecule has 1 N–H and O–H groups in total. The minimum Gasteiger partial charge on any atom is -0.486 e. The van der Waals surface area contributed by atoms with Gasteiger partial charge in [0.15, 0.2) is 0 Å². The fourth-order valence-electron chi connectivity index (χ4n) is 1.61. The minimum atomic E-state index is 0.506. The molecule has 94 valence electrons. The van der Waals surface area contributed by atoms with Crippen LogP contribution in [-0.4, -0.2) is 16.0 Å². The van der Waals surface area contributed by atoms with E-state index in [1.807, 2.05) is 12.1 Å². The number of hydrogen-bond acceptors (Lipinski definition) is 5. The Bertz CT molecular complexity index is 496. The number of nitrogens with one attached hydrogen (secondary N) is 1. The van der Waals surface area contributed by atoms with Gasteiger partial charge in [0.1, 0.15) is 17.4 Å². The lowest BCUT2D eigenvalue weighted by Gasteiger charge is -2.02. The van der Waals surface area contributed by atoms with Crippen LogP contribution < -0.4 is 10.1 Å². The van der Waals surface area contributed by atoms with Crippen molar-refractivity contribution < 1.29 is 4.74 Å². The highest BCUT2D eigenvalue weighted by Gasteiger charge is 2.20. The largest absolute Gasteiger partial charge is 0.486 e. The molecule has 0 atom stereocenters. The summed E-state index contributed by atoms with van der Waals surface area (Å²) in [6.45, 7) is 1.38. The van der Waals surface area contributed by atoms with E-state index in [0.29, 0.717) is 6.61 Å². The maximum atomic E-state index is 5.60. The molecule has 1 aliphatic rings. The van der Waals surface area contributed by atoms with Crippen LogP contribution in [0.25, 0.3) is 0 Å². The Morgan fingerprint density at radius 2 is 2.39 bits per heavy atom. The molecule has 0 radical (unpaired) electrons. The van der Waals surface area contributed by atoms with Crippen molar-refractivity contribution in [1.82, 2.24) is 15.3 Å². The van der Waals surface area contributed by atoms with Crippen molar-refractivity contribution >= 4 is 11.3 Å². The fourth-order valence-corrected chi connectivity index (χ4v) is 2.33. The molecule has 1 aliphatic carbocycles. The van der Waals surface area contributed by atoms with Gasteiger partial charge in [-0.15, -0.1) is 11.3 Å². The van der Waals surface area contributed by atoms with Gasteiger partial charge in [-0.2, -0.15) is 0 Å². The predicted octanol–water partition coefficient (Wildman–Crippen LogP) is 2.37. The van der Waals surface area contributed by atoms with Crippen molar-refractivity contribution in [2.45, 2.75) is 32.0 Å². The molecule has 2 aromatic heterocycles. The Morgan fingerprint density at radius 3 is 3.17 bits per heavy atom. The van der Waals surface area contributed by atoms with Crippen molar-refractivity contribution in [3.05, 3.63) is 40.6 Å². The molecule has 2 aromatic rings. The molecule has 0 amide bonds. The minimum absolute atomic E-state index is 0.506. The Hall–Kier alpha value is -1.46. The van der Waals surface area contributed by atoms with E-state index in [2.05, 4.69) is 20.7 Å². The van der Waals surface area contributed by atoms with E-state index in [-0.39, 0.29) is 0 Å². The molecule has 4 nitrogen and oxygen atoms in total. The topological polar surface area (TPSA) is 47.0 Å². The van der Waals surface area contributed by atoms with Gasteiger partial charge in [-0.05, 0) is 25.0 Å². The molecule has 0 bridgehead atoms. The lowest BCUT2D eigenvalue weighted by molar-refractivity contribution is 0.300. The molecule has 0 aliphatic heterocycles. The van der Waals surface area contributed by atoms with Crippen LogP contribution in [0.2, 0.25) is 0 Å². The van der Waals surface area contributed by atoms with E-state index < -0.39 is 0 Å². The molecule has 0 unspecified atom stereocenters. The monoisotopic (exact) mass is 261 g/mol. The van der Waals surface area contributed by atoms with Crippen molar-refractivity contribution in [2.24, 2.45) is 0 Å². The van der Waals surface area contributed by atoms with Gasteiger partial charge < -0.3 is 10.1 Å². The van der Waals surface area contributed by atoms with E-state index in [1.165, 1.54) is 12.8 Å². The SMILES string of the molecule is c1cncc(OCc2csc(CNC3CC3)n2)c1. The number of thiazole rings is 1. The lowest BCUT2D eigenvalue weighted by Crippen LogP contribution is -2.15. The number of aromatic nitrogens is 2. The molecule has 5 heteroatoms. The van der Waals surface area contributed by atoms with Crippen LogP contribution in [0.5, 0.6) is 5.75 Å². The average molecular weight is 261 g/mol. The Kier molecular flexibility index (Phi) is 3.52. The summed E-state index contributed by atoms with van der Waals surface area (Å²) < 4.78 is 5.60. The molecule has 1 fully saturated rings. The second-order valence-electron chi connectivity index (χ2n) is 4.37. The zero-order chi connectivity index (χ0) is 12.2. The van der Waals surface area contributed by atoms with E-state index in [1.54, 1.807) is 23.7 Å². The summed E-state index contributed by atoms with van der Waals surface area (Å²) >= 11 is 1.69. The molecule has 0 aromatic carbocycles. The molecule has 1 saturated carbocycles. The molecule has 2 heterocycles. The quantitative estimate of drug-likeness (QED) is 0.867. The van der Waals surface area contributed by atoms with E-state index in [4.69, 9.17) is 4.74 Å².